The van der Waals surface area contributed by atoms with Crippen LogP contribution in [0.5, 0.6) is 0 Å². The van der Waals surface area contributed by atoms with E-state index in [4.69, 9.17) is 10.5 Å². The van der Waals surface area contributed by atoms with Crippen molar-refractivity contribution in [3.8, 4) is 0 Å². The molecule has 0 aromatic rings. The SMILES string of the molecule is CCC(CN)NS(=O)(=O)NCCOC. The maximum atomic E-state index is 11.3. The Morgan fingerprint density at radius 3 is 2.57 bits per heavy atom. The normalized spacial score (nSPS) is 14.2. The first-order chi connectivity index (χ1) is 6.55. The van der Waals surface area contributed by atoms with Crippen LogP contribution in [0.25, 0.3) is 0 Å². The van der Waals surface area contributed by atoms with Crippen molar-refractivity contribution in [2.45, 2.75) is 19.4 Å². The average molecular weight is 225 g/mol. The lowest BCUT2D eigenvalue weighted by Gasteiger charge is -2.14. The zero-order valence-corrected chi connectivity index (χ0v) is 9.43. The predicted molar refractivity (Wildman–Crippen MR) is 55.1 cm³/mol. The second-order valence-electron chi connectivity index (χ2n) is 2.85. The van der Waals surface area contributed by atoms with E-state index in [1.54, 1.807) is 0 Å². The Labute approximate surface area is 85.4 Å². The van der Waals surface area contributed by atoms with Gasteiger partial charge >= 0.3 is 0 Å². The Hall–Kier alpha value is -0.210. The Balaban J connectivity index is 3.93. The van der Waals surface area contributed by atoms with Crippen LogP contribution in [0.2, 0.25) is 0 Å². The quantitative estimate of drug-likeness (QED) is 0.452. The fourth-order valence-electron chi connectivity index (χ4n) is 0.837. The Bertz CT molecular complexity index is 226. The summed E-state index contributed by atoms with van der Waals surface area (Å²) < 4.78 is 32.1. The molecule has 0 rings (SSSR count). The van der Waals surface area contributed by atoms with E-state index in [2.05, 4.69) is 9.44 Å². The molecule has 86 valence electrons. The van der Waals surface area contributed by atoms with Crippen LogP contribution in [0.15, 0.2) is 0 Å². The summed E-state index contributed by atoms with van der Waals surface area (Å²) in [7, 11) is -1.93. The smallest absolute Gasteiger partial charge is 0.277 e. The highest BCUT2D eigenvalue weighted by atomic mass is 32.2. The highest BCUT2D eigenvalue weighted by Crippen LogP contribution is 1.90. The van der Waals surface area contributed by atoms with Gasteiger partial charge in [0, 0.05) is 26.2 Å². The predicted octanol–water partition coefficient (Wildman–Crippen LogP) is -1.21. The first kappa shape index (κ1) is 13.8. The van der Waals surface area contributed by atoms with Crippen molar-refractivity contribution < 1.29 is 13.2 Å². The first-order valence-electron chi connectivity index (χ1n) is 4.51. The molecule has 1 atom stereocenters. The maximum absolute atomic E-state index is 11.3. The molecular weight excluding hydrogens is 206 g/mol. The fraction of sp³-hybridized carbons (Fsp3) is 1.00. The third-order valence-electron chi connectivity index (χ3n) is 1.70. The van der Waals surface area contributed by atoms with E-state index >= 15 is 0 Å². The van der Waals surface area contributed by atoms with Crippen molar-refractivity contribution in [2.24, 2.45) is 5.73 Å². The van der Waals surface area contributed by atoms with Crippen LogP contribution in [0.4, 0.5) is 0 Å². The topological polar surface area (TPSA) is 93.5 Å². The van der Waals surface area contributed by atoms with Crippen LogP contribution in [0, 0.1) is 0 Å². The van der Waals surface area contributed by atoms with Crippen LogP contribution in [-0.2, 0) is 14.9 Å². The van der Waals surface area contributed by atoms with E-state index in [1.807, 2.05) is 6.92 Å². The molecule has 0 saturated heterocycles. The van der Waals surface area contributed by atoms with Gasteiger partial charge in [0.1, 0.15) is 0 Å². The van der Waals surface area contributed by atoms with E-state index < -0.39 is 10.2 Å². The van der Waals surface area contributed by atoms with E-state index in [1.165, 1.54) is 7.11 Å². The van der Waals surface area contributed by atoms with Gasteiger partial charge < -0.3 is 10.5 Å². The molecule has 0 saturated carbocycles. The standard InChI is InChI=1S/C7H19N3O3S/c1-3-7(6-8)10-14(11,12)9-4-5-13-2/h7,9-10H,3-6,8H2,1-2H3. The molecule has 7 heteroatoms. The summed E-state index contributed by atoms with van der Waals surface area (Å²) in [5.41, 5.74) is 5.37. The van der Waals surface area contributed by atoms with Crippen molar-refractivity contribution in [1.29, 1.82) is 0 Å². The van der Waals surface area contributed by atoms with Gasteiger partial charge in [-0.2, -0.15) is 17.9 Å². The zero-order chi connectivity index (χ0) is 11.0. The molecule has 0 amide bonds. The molecule has 0 spiro atoms. The minimum absolute atomic E-state index is 0.213. The van der Waals surface area contributed by atoms with Crippen molar-refractivity contribution >= 4 is 10.2 Å². The number of nitrogens with one attached hydrogen (secondary N) is 2. The molecule has 1 unspecified atom stereocenters. The summed E-state index contributed by atoms with van der Waals surface area (Å²) in [6.45, 7) is 2.77. The molecule has 0 bridgehead atoms. The molecule has 14 heavy (non-hydrogen) atoms. The minimum atomic E-state index is -3.44. The molecule has 4 N–H and O–H groups in total. The molecule has 0 heterocycles. The third-order valence-corrected chi connectivity index (χ3v) is 2.93. The minimum Gasteiger partial charge on any atom is -0.383 e. The molecule has 0 aliphatic heterocycles. The third kappa shape index (κ3) is 6.28. The van der Waals surface area contributed by atoms with Gasteiger partial charge in [-0.3, -0.25) is 0 Å². The molecule has 0 aliphatic rings. The van der Waals surface area contributed by atoms with E-state index in [-0.39, 0.29) is 12.6 Å². The van der Waals surface area contributed by atoms with Crippen LogP contribution in [0.3, 0.4) is 0 Å². The van der Waals surface area contributed by atoms with Gasteiger partial charge in [0.25, 0.3) is 10.2 Å². The summed E-state index contributed by atoms with van der Waals surface area (Å²) in [6, 6.07) is -0.213. The summed E-state index contributed by atoms with van der Waals surface area (Å²) in [6.07, 6.45) is 0.668. The fourth-order valence-corrected chi connectivity index (χ4v) is 1.97. The number of hydrogen-bond donors (Lipinski definition) is 3. The second kappa shape index (κ2) is 7.13. The van der Waals surface area contributed by atoms with Gasteiger partial charge in [0.2, 0.25) is 0 Å². The molecule has 0 fully saturated rings. The molecule has 0 aromatic carbocycles. The van der Waals surface area contributed by atoms with Crippen LogP contribution >= 0.6 is 0 Å². The van der Waals surface area contributed by atoms with E-state index in [9.17, 15) is 8.42 Å². The monoisotopic (exact) mass is 225 g/mol. The number of nitrogens with two attached hydrogens (primary N) is 1. The summed E-state index contributed by atoms with van der Waals surface area (Å²) >= 11 is 0. The summed E-state index contributed by atoms with van der Waals surface area (Å²) in [4.78, 5) is 0. The van der Waals surface area contributed by atoms with Gasteiger partial charge in [0.05, 0.1) is 6.61 Å². The molecule has 0 aliphatic carbocycles. The number of hydrogen-bond acceptors (Lipinski definition) is 4. The van der Waals surface area contributed by atoms with Gasteiger partial charge in [-0.25, -0.2) is 0 Å². The van der Waals surface area contributed by atoms with Crippen LogP contribution in [0.1, 0.15) is 13.3 Å². The second-order valence-corrected chi connectivity index (χ2v) is 4.38. The van der Waals surface area contributed by atoms with Crippen molar-refractivity contribution in [2.75, 3.05) is 26.8 Å². The lowest BCUT2D eigenvalue weighted by atomic mass is 10.2. The number of rotatable bonds is 8. The molecule has 0 radical (unpaired) electrons. The number of ether oxygens (including phenoxy) is 1. The first-order valence-corrected chi connectivity index (χ1v) is 6.00. The number of methoxy groups -OCH3 is 1. The summed E-state index contributed by atoms with van der Waals surface area (Å²) in [5, 5.41) is 0. The van der Waals surface area contributed by atoms with Crippen molar-refractivity contribution in [3.63, 3.8) is 0 Å². The highest BCUT2D eigenvalue weighted by molar-refractivity contribution is 7.87. The highest BCUT2D eigenvalue weighted by Gasteiger charge is 2.13. The summed E-state index contributed by atoms with van der Waals surface area (Å²) in [5.74, 6) is 0. The Morgan fingerprint density at radius 1 is 1.50 bits per heavy atom. The van der Waals surface area contributed by atoms with Gasteiger partial charge in [0.15, 0.2) is 0 Å². The van der Waals surface area contributed by atoms with Gasteiger partial charge in [-0.1, -0.05) is 6.92 Å². The molecule has 6 nitrogen and oxygen atoms in total. The van der Waals surface area contributed by atoms with Crippen molar-refractivity contribution in [3.05, 3.63) is 0 Å². The van der Waals surface area contributed by atoms with E-state index in [0.717, 1.165) is 0 Å². The zero-order valence-electron chi connectivity index (χ0n) is 8.62. The van der Waals surface area contributed by atoms with Crippen LogP contribution < -0.4 is 15.2 Å². The molecular formula is C7H19N3O3S. The lowest BCUT2D eigenvalue weighted by Crippen LogP contribution is -2.46. The Kier molecular flexibility index (Phi) is 7.02. The Morgan fingerprint density at radius 2 is 2.14 bits per heavy atom. The molecule has 0 aromatic heterocycles. The van der Waals surface area contributed by atoms with E-state index in [0.29, 0.717) is 19.6 Å². The maximum Gasteiger partial charge on any atom is 0.277 e. The van der Waals surface area contributed by atoms with Crippen molar-refractivity contribution in [1.82, 2.24) is 9.44 Å². The van der Waals surface area contributed by atoms with Gasteiger partial charge in [-0.15, -0.1) is 0 Å². The van der Waals surface area contributed by atoms with Gasteiger partial charge in [-0.05, 0) is 6.42 Å². The largest absolute Gasteiger partial charge is 0.383 e. The lowest BCUT2D eigenvalue weighted by molar-refractivity contribution is 0.204. The average Bonchev–Trinajstić information content (AvgIpc) is 2.14. The van der Waals surface area contributed by atoms with Crippen LogP contribution in [-0.4, -0.2) is 41.3 Å².